The Morgan fingerprint density at radius 3 is 2.95 bits per heavy atom. The first-order chi connectivity index (χ1) is 9.76. The molecule has 0 aliphatic heterocycles. The summed E-state index contributed by atoms with van der Waals surface area (Å²) in [6.07, 6.45) is 1.87. The van der Waals surface area contributed by atoms with Crippen molar-refractivity contribution in [3.63, 3.8) is 0 Å². The number of fused-ring (bicyclic) bond motifs is 1. The number of aromatic amines is 1. The highest BCUT2D eigenvalue weighted by Crippen LogP contribution is 2.33. The first-order valence-electron chi connectivity index (χ1n) is 6.70. The van der Waals surface area contributed by atoms with Crippen molar-refractivity contribution in [3.8, 4) is 0 Å². The van der Waals surface area contributed by atoms with E-state index in [1.54, 1.807) is 11.8 Å². The largest absolute Gasteiger partial charge is 0.338 e. The van der Waals surface area contributed by atoms with Gasteiger partial charge in [0, 0.05) is 6.42 Å². The Kier molecular flexibility index (Phi) is 3.73. The van der Waals surface area contributed by atoms with Gasteiger partial charge in [0.05, 0.1) is 16.3 Å². The molecule has 0 saturated heterocycles. The van der Waals surface area contributed by atoms with Crippen LogP contribution in [-0.4, -0.2) is 20.1 Å². The maximum Gasteiger partial charge on any atom is 0.239 e. The summed E-state index contributed by atoms with van der Waals surface area (Å²) in [5, 5.41) is 4.93. The van der Waals surface area contributed by atoms with Crippen molar-refractivity contribution in [1.29, 1.82) is 0 Å². The van der Waals surface area contributed by atoms with Gasteiger partial charge in [-0.15, -0.1) is 0 Å². The molecule has 6 heteroatoms. The number of nitrogens with zero attached hydrogens (tertiary/aromatic N) is 3. The van der Waals surface area contributed by atoms with Crippen LogP contribution in [0, 0.1) is 0 Å². The first kappa shape index (κ1) is 13.2. The Labute approximate surface area is 121 Å². The Balaban J connectivity index is 1.75. The Morgan fingerprint density at radius 2 is 2.15 bits per heavy atom. The molecule has 0 fully saturated rings. The third kappa shape index (κ3) is 2.70. The van der Waals surface area contributed by atoms with Crippen LogP contribution in [0.15, 0.2) is 33.9 Å². The summed E-state index contributed by atoms with van der Waals surface area (Å²) in [6.45, 7) is 4.14. The lowest BCUT2D eigenvalue weighted by Crippen LogP contribution is -1.91. The molecule has 2 aromatic heterocycles. The first-order valence-corrected chi connectivity index (χ1v) is 7.58. The molecule has 0 radical (unpaired) electrons. The van der Waals surface area contributed by atoms with Crippen LogP contribution >= 0.6 is 11.8 Å². The number of aryl methyl sites for hydroxylation is 1. The van der Waals surface area contributed by atoms with Crippen molar-refractivity contribution >= 4 is 22.8 Å². The van der Waals surface area contributed by atoms with Crippen LogP contribution in [0.5, 0.6) is 0 Å². The van der Waals surface area contributed by atoms with E-state index in [9.17, 15) is 0 Å². The van der Waals surface area contributed by atoms with Gasteiger partial charge in [0.25, 0.3) is 0 Å². The van der Waals surface area contributed by atoms with Gasteiger partial charge in [0.15, 0.2) is 11.0 Å². The average Bonchev–Trinajstić information content (AvgIpc) is 3.04. The molecule has 0 spiro atoms. The lowest BCUT2D eigenvalue weighted by Gasteiger charge is -2.02. The van der Waals surface area contributed by atoms with Crippen molar-refractivity contribution in [1.82, 2.24) is 20.1 Å². The number of thioether (sulfide) groups is 1. The number of imidazole rings is 1. The van der Waals surface area contributed by atoms with Gasteiger partial charge in [0.2, 0.25) is 5.89 Å². The molecule has 104 valence electrons. The zero-order chi connectivity index (χ0) is 13.9. The lowest BCUT2D eigenvalue weighted by molar-refractivity contribution is 0.374. The van der Waals surface area contributed by atoms with Gasteiger partial charge in [-0.25, -0.2) is 4.98 Å². The molecule has 20 heavy (non-hydrogen) atoms. The molecule has 1 unspecified atom stereocenters. The number of hydrogen-bond acceptors (Lipinski definition) is 5. The third-order valence-corrected chi connectivity index (χ3v) is 3.93. The monoisotopic (exact) mass is 288 g/mol. The van der Waals surface area contributed by atoms with Crippen molar-refractivity contribution in [2.75, 3.05) is 0 Å². The van der Waals surface area contributed by atoms with Gasteiger partial charge in [-0.2, -0.15) is 4.98 Å². The van der Waals surface area contributed by atoms with E-state index < -0.39 is 0 Å². The van der Waals surface area contributed by atoms with E-state index in [-0.39, 0.29) is 5.25 Å². The molecule has 0 aliphatic carbocycles. The number of H-pyrrole nitrogens is 1. The molecule has 0 amide bonds. The summed E-state index contributed by atoms with van der Waals surface area (Å²) in [4.78, 5) is 12.2. The normalized spacial score (nSPS) is 12.9. The summed E-state index contributed by atoms with van der Waals surface area (Å²) < 4.78 is 5.30. The average molecular weight is 288 g/mol. The van der Waals surface area contributed by atoms with Gasteiger partial charge < -0.3 is 9.51 Å². The molecule has 1 N–H and O–H groups in total. The summed E-state index contributed by atoms with van der Waals surface area (Å²) in [5.41, 5.74) is 2.01. The molecule has 5 nitrogen and oxygen atoms in total. The van der Waals surface area contributed by atoms with Crippen LogP contribution in [0.4, 0.5) is 0 Å². The molecule has 3 rings (SSSR count). The zero-order valence-corrected chi connectivity index (χ0v) is 12.3. The number of hydrogen-bond donors (Lipinski definition) is 1. The number of rotatable bonds is 5. The molecular formula is C14H16N4OS. The minimum absolute atomic E-state index is 0.0775. The SMILES string of the molecule is CCCc1noc(C(C)Sc2nc3ccccc3[nH]2)n1. The molecular weight excluding hydrogens is 272 g/mol. The minimum atomic E-state index is 0.0775. The van der Waals surface area contributed by atoms with Crippen molar-refractivity contribution in [3.05, 3.63) is 36.0 Å². The second-order valence-corrected chi connectivity index (χ2v) is 5.95. The molecule has 0 aliphatic rings. The van der Waals surface area contributed by atoms with E-state index in [4.69, 9.17) is 4.52 Å². The second-order valence-electron chi connectivity index (χ2n) is 4.62. The summed E-state index contributed by atoms with van der Waals surface area (Å²) in [5.74, 6) is 1.43. The second kappa shape index (κ2) is 5.66. The van der Waals surface area contributed by atoms with Gasteiger partial charge in [-0.1, -0.05) is 36.0 Å². The van der Waals surface area contributed by atoms with Crippen LogP contribution in [0.25, 0.3) is 11.0 Å². The fourth-order valence-corrected chi connectivity index (χ4v) is 2.81. The zero-order valence-electron chi connectivity index (χ0n) is 11.5. The minimum Gasteiger partial charge on any atom is -0.338 e. The van der Waals surface area contributed by atoms with E-state index >= 15 is 0 Å². The van der Waals surface area contributed by atoms with E-state index in [2.05, 4.69) is 27.0 Å². The van der Waals surface area contributed by atoms with Crippen LogP contribution in [-0.2, 0) is 6.42 Å². The fraction of sp³-hybridized carbons (Fsp3) is 0.357. The topological polar surface area (TPSA) is 67.6 Å². The van der Waals surface area contributed by atoms with E-state index in [1.807, 2.05) is 31.2 Å². The summed E-state index contributed by atoms with van der Waals surface area (Å²) >= 11 is 1.59. The van der Waals surface area contributed by atoms with Crippen LogP contribution in [0.3, 0.4) is 0 Å². The molecule has 0 saturated carbocycles. The maximum atomic E-state index is 5.30. The predicted octanol–water partition coefficient (Wildman–Crippen LogP) is 3.75. The number of para-hydroxylation sites is 2. The smallest absolute Gasteiger partial charge is 0.239 e. The highest BCUT2D eigenvalue weighted by molar-refractivity contribution is 7.99. The van der Waals surface area contributed by atoms with E-state index in [1.165, 1.54) is 0 Å². The Bertz CT molecular complexity index is 673. The standard InChI is InChI=1S/C14H16N4OS/c1-3-6-12-17-13(19-18-12)9(2)20-14-15-10-7-4-5-8-11(10)16-14/h4-5,7-9H,3,6H2,1-2H3,(H,15,16). The van der Waals surface area contributed by atoms with Gasteiger partial charge in [-0.05, 0) is 25.5 Å². The maximum absolute atomic E-state index is 5.30. The van der Waals surface area contributed by atoms with Crippen LogP contribution < -0.4 is 0 Å². The number of benzene rings is 1. The summed E-state index contributed by atoms with van der Waals surface area (Å²) in [7, 11) is 0. The van der Waals surface area contributed by atoms with Crippen molar-refractivity contribution in [2.45, 2.75) is 37.1 Å². The fourth-order valence-electron chi connectivity index (χ4n) is 1.96. The van der Waals surface area contributed by atoms with Gasteiger partial charge in [0.1, 0.15) is 0 Å². The van der Waals surface area contributed by atoms with E-state index in [0.29, 0.717) is 5.89 Å². The highest BCUT2D eigenvalue weighted by atomic mass is 32.2. The number of aromatic nitrogens is 4. The van der Waals surface area contributed by atoms with Crippen LogP contribution in [0.2, 0.25) is 0 Å². The van der Waals surface area contributed by atoms with Gasteiger partial charge in [-0.3, -0.25) is 0 Å². The van der Waals surface area contributed by atoms with Crippen LogP contribution in [0.1, 0.15) is 37.2 Å². The number of nitrogens with one attached hydrogen (secondary N) is 1. The summed E-state index contributed by atoms with van der Waals surface area (Å²) in [6, 6.07) is 7.99. The molecule has 0 bridgehead atoms. The molecule has 3 aromatic rings. The van der Waals surface area contributed by atoms with Gasteiger partial charge >= 0.3 is 0 Å². The molecule has 2 heterocycles. The van der Waals surface area contributed by atoms with Crippen molar-refractivity contribution in [2.24, 2.45) is 0 Å². The predicted molar refractivity (Wildman–Crippen MR) is 78.7 cm³/mol. The van der Waals surface area contributed by atoms with Crippen molar-refractivity contribution < 1.29 is 4.52 Å². The third-order valence-electron chi connectivity index (χ3n) is 2.96. The Hall–Kier alpha value is -1.82. The molecule has 1 atom stereocenters. The highest BCUT2D eigenvalue weighted by Gasteiger charge is 2.17. The molecule has 1 aromatic carbocycles. The lowest BCUT2D eigenvalue weighted by atomic mass is 10.3. The van der Waals surface area contributed by atoms with E-state index in [0.717, 1.165) is 34.9 Å². The Morgan fingerprint density at radius 1 is 1.30 bits per heavy atom. The quantitative estimate of drug-likeness (QED) is 0.724.